The van der Waals surface area contributed by atoms with Crippen molar-refractivity contribution >= 4 is 23.3 Å². The minimum atomic E-state index is -0.548. The summed E-state index contributed by atoms with van der Waals surface area (Å²) in [5.74, 6) is 0.418. The molecule has 0 spiro atoms. The molecule has 2 aromatic rings. The Labute approximate surface area is 139 Å². The molecular formula is C19H16O3S. The summed E-state index contributed by atoms with van der Waals surface area (Å²) in [5.41, 5.74) is 2.58. The third kappa shape index (κ3) is 1.92. The molecule has 0 fully saturated rings. The Morgan fingerprint density at radius 3 is 2.48 bits per heavy atom. The Kier molecular flexibility index (Phi) is 3.32. The van der Waals surface area contributed by atoms with Crippen LogP contribution in [0.1, 0.15) is 18.1 Å². The van der Waals surface area contributed by atoms with Crippen LogP contribution in [0.4, 0.5) is 0 Å². The summed E-state index contributed by atoms with van der Waals surface area (Å²) in [4.78, 5) is 12.7. The van der Waals surface area contributed by atoms with Gasteiger partial charge in [0.25, 0.3) is 0 Å². The van der Waals surface area contributed by atoms with E-state index in [1.807, 2.05) is 42.5 Å². The number of carbonyl (C=O) groups excluding carboxylic acids is 1. The third-order valence-electron chi connectivity index (χ3n) is 4.40. The van der Waals surface area contributed by atoms with Gasteiger partial charge in [-0.15, -0.1) is 11.8 Å². The maximum absolute atomic E-state index is 11.6. The van der Waals surface area contributed by atoms with Gasteiger partial charge in [0.2, 0.25) is 0 Å². The quantitative estimate of drug-likeness (QED) is 0.800. The number of methoxy groups -OCH3 is 1. The molecule has 0 saturated heterocycles. The smallest absolute Gasteiger partial charge is 0.307 e. The molecule has 4 heteroatoms. The Hall–Kier alpha value is -2.04. The minimum Gasteiger partial charge on any atom is -0.429 e. The van der Waals surface area contributed by atoms with Gasteiger partial charge in [-0.2, -0.15) is 0 Å². The molecule has 1 aliphatic carbocycles. The summed E-state index contributed by atoms with van der Waals surface area (Å²) in [5, 5.41) is -0.0241. The van der Waals surface area contributed by atoms with Gasteiger partial charge in [-0.1, -0.05) is 48.5 Å². The summed E-state index contributed by atoms with van der Waals surface area (Å²) in [6, 6.07) is 18.2. The van der Waals surface area contributed by atoms with Gasteiger partial charge in [0, 0.05) is 30.1 Å². The van der Waals surface area contributed by atoms with E-state index < -0.39 is 5.60 Å². The van der Waals surface area contributed by atoms with Gasteiger partial charge < -0.3 is 9.47 Å². The Morgan fingerprint density at radius 1 is 1.09 bits per heavy atom. The van der Waals surface area contributed by atoms with E-state index in [1.54, 1.807) is 18.9 Å². The van der Waals surface area contributed by atoms with E-state index in [9.17, 15) is 4.79 Å². The fourth-order valence-corrected chi connectivity index (χ4v) is 5.05. The van der Waals surface area contributed by atoms with E-state index in [1.165, 1.54) is 11.8 Å². The van der Waals surface area contributed by atoms with E-state index in [0.29, 0.717) is 5.76 Å². The number of benzene rings is 2. The predicted molar refractivity (Wildman–Crippen MR) is 89.9 cm³/mol. The van der Waals surface area contributed by atoms with E-state index in [2.05, 4.69) is 12.1 Å². The van der Waals surface area contributed by atoms with Gasteiger partial charge in [-0.25, -0.2) is 0 Å². The first-order valence-corrected chi connectivity index (χ1v) is 8.36. The Bertz CT molecular complexity index is 812. The van der Waals surface area contributed by atoms with Crippen molar-refractivity contribution in [3.05, 3.63) is 71.5 Å². The number of thioether (sulfide) groups is 1. The summed E-state index contributed by atoms with van der Waals surface area (Å²) in [6.07, 6.45) is 0. The summed E-state index contributed by atoms with van der Waals surface area (Å²) >= 11 is 1.70. The largest absolute Gasteiger partial charge is 0.429 e. The fraction of sp³-hybridized carbons (Fsp3) is 0.211. The van der Waals surface area contributed by atoms with Crippen LogP contribution in [-0.4, -0.2) is 18.3 Å². The second-order valence-corrected chi connectivity index (χ2v) is 6.78. The molecule has 116 valence electrons. The molecule has 1 aliphatic heterocycles. The number of ether oxygens (including phenoxy) is 2. The lowest BCUT2D eigenvalue weighted by atomic mass is 9.70. The van der Waals surface area contributed by atoms with Crippen LogP contribution >= 0.6 is 11.8 Å². The number of esters is 1. The zero-order chi connectivity index (χ0) is 16.0. The molecular weight excluding hydrogens is 308 g/mol. The number of carbonyl (C=O) groups is 1. The Balaban J connectivity index is 1.93. The molecule has 0 radical (unpaired) electrons. The van der Waals surface area contributed by atoms with Crippen LogP contribution in [0.5, 0.6) is 0 Å². The first kappa shape index (κ1) is 14.5. The van der Waals surface area contributed by atoms with Crippen molar-refractivity contribution < 1.29 is 14.3 Å². The molecule has 0 amide bonds. The van der Waals surface area contributed by atoms with E-state index in [4.69, 9.17) is 9.47 Å². The first-order valence-electron chi connectivity index (χ1n) is 7.48. The minimum absolute atomic E-state index is 0.0241. The standard InChI is InChI=1S/C19H16O3S/c1-12(20)22-17-16(13-8-4-3-5-9-13)19(21-2)14-10-6-7-11-15(14)23-18(17)19/h3-11,18H,1-2H3. The molecule has 2 aromatic carbocycles. The van der Waals surface area contributed by atoms with Gasteiger partial charge in [-0.3, -0.25) is 4.79 Å². The van der Waals surface area contributed by atoms with Crippen LogP contribution < -0.4 is 0 Å². The lowest BCUT2D eigenvalue weighted by Crippen LogP contribution is -2.48. The number of rotatable bonds is 3. The molecule has 2 atom stereocenters. The maximum atomic E-state index is 11.6. The van der Waals surface area contributed by atoms with Gasteiger partial charge in [0.1, 0.15) is 16.6 Å². The predicted octanol–water partition coefficient (Wildman–Crippen LogP) is 3.99. The number of hydrogen-bond donors (Lipinski definition) is 0. The monoisotopic (exact) mass is 324 g/mol. The van der Waals surface area contributed by atoms with Crippen molar-refractivity contribution in [3.8, 4) is 0 Å². The van der Waals surface area contributed by atoms with Gasteiger partial charge in [0.15, 0.2) is 0 Å². The molecule has 3 nitrogen and oxygen atoms in total. The van der Waals surface area contributed by atoms with Crippen LogP contribution in [0.25, 0.3) is 5.57 Å². The van der Waals surface area contributed by atoms with Crippen LogP contribution in [0.15, 0.2) is 65.3 Å². The average Bonchev–Trinajstić information content (AvgIpc) is 2.84. The highest BCUT2D eigenvalue weighted by Crippen LogP contribution is 2.66. The zero-order valence-corrected chi connectivity index (χ0v) is 13.7. The molecule has 2 unspecified atom stereocenters. The van der Waals surface area contributed by atoms with E-state index in [-0.39, 0.29) is 11.2 Å². The summed E-state index contributed by atoms with van der Waals surface area (Å²) < 4.78 is 11.6. The fourth-order valence-electron chi connectivity index (χ4n) is 3.51. The number of hydrogen-bond acceptors (Lipinski definition) is 4. The third-order valence-corrected chi connectivity index (χ3v) is 5.79. The molecule has 0 N–H and O–H groups in total. The van der Waals surface area contributed by atoms with Gasteiger partial charge >= 0.3 is 5.97 Å². The van der Waals surface area contributed by atoms with E-state index >= 15 is 0 Å². The van der Waals surface area contributed by atoms with Crippen molar-refractivity contribution in [3.63, 3.8) is 0 Å². The lowest BCUT2D eigenvalue weighted by Gasteiger charge is -2.46. The normalized spacial score (nSPS) is 24.7. The first-order chi connectivity index (χ1) is 11.2. The molecule has 1 heterocycles. The van der Waals surface area contributed by atoms with Crippen molar-refractivity contribution in [1.29, 1.82) is 0 Å². The maximum Gasteiger partial charge on any atom is 0.307 e. The molecule has 23 heavy (non-hydrogen) atoms. The highest BCUT2D eigenvalue weighted by Gasteiger charge is 2.63. The van der Waals surface area contributed by atoms with Crippen LogP contribution in [0.3, 0.4) is 0 Å². The molecule has 0 bridgehead atoms. The number of fused-ring (bicyclic) bond motifs is 3. The highest BCUT2D eigenvalue weighted by molar-refractivity contribution is 8.00. The molecule has 0 saturated carbocycles. The van der Waals surface area contributed by atoms with E-state index in [0.717, 1.165) is 16.7 Å². The van der Waals surface area contributed by atoms with Gasteiger partial charge in [0.05, 0.1) is 0 Å². The van der Waals surface area contributed by atoms with Crippen LogP contribution in [-0.2, 0) is 19.9 Å². The van der Waals surface area contributed by atoms with Crippen molar-refractivity contribution in [1.82, 2.24) is 0 Å². The second-order valence-electron chi connectivity index (χ2n) is 5.63. The van der Waals surface area contributed by atoms with Gasteiger partial charge in [-0.05, 0) is 11.6 Å². The SMILES string of the molecule is COC12C(c3ccccc3)=C(OC(C)=O)C1Sc1ccccc12. The van der Waals surface area contributed by atoms with Crippen LogP contribution in [0, 0.1) is 0 Å². The second kappa shape index (κ2) is 5.25. The molecule has 2 aliphatic rings. The summed E-state index contributed by atoms with van der Waals surface area (Å²) in [6.45, 7) is 1.44. The zero-order valence-electron chi connectivity index (χ0n) is 12.9. The highest BCUT2D eigenvalue weighted by atomic mass is 32.2. The van der Waals surface area contributed by atoms with Crippen LogP contribution in [0.2, 0.25) is 0 Å². The van der Waals surface area contributed by atoms with Crippen molar-refractivity contribution in [2.24, 2.45) is 0 Å². The van der Waals surface area contributed by atoms with Crippen molar-refractivity contribution in [2.45, 2.75) is 22.7 Å². The molecule has 0 aromatic heterocycles. The lowest BCUT2D eigenvalue weighted by molar-refractivity contribution is -0.138. The Morgan fingerprint density at radius 2 is 1.78 bits per heavy atom. The summed E-state index contributed by atoms with van der Waals surface area (Å²) in [7, 11) is 1.73. The van der Waals surface area contributed by atoms with Crippen molar-refractivity contribution in [2.75, 3.05) is 7.11 Å². The molecule has 4 rings (SSSR count). The topological polar surface area (TPSA) is 35.5 Å². The average molecular weight is 324 g/mol.